The van der Waals surface area contributed by atoms with E-state index in [1.54, 1.807) is 24.9 Å². The van der Waals surface area contributed by atoms with Crippen LogP contribution in [0.1, 0.15) is 23.8 Å². The molecule has 6 heteroatoms. The fraction of sp³-hybridized carbons (Fsp3) is 0.333. The standard InChI is InChI=1S/C15H20N4O2/c1-10(20)7-8-19(2)15(21)14-9-13(18-16)11-5-3-4-6-12(11)17-14/h3-6,9-10,20H,7-8,16H2,1-2H3,(H,17,18). The van der Waals surface area contributed by atoms with Crippen LogP contribution in [0.2, 0.25) is 0 Å². The second-order valence-corrected chi connectivity index (χ2v) is 5.08. The molecule has 1 atom stereocenters. The molecule has 2 rings (SSSR count). The SMILES string of the molecule is CC(O)CCN(C)C(=O)c1cc(NN)c2ccccc2n1. The van der Waals surface area contributed by atoms with Gasteiger partial charge < -0.3 is 15.4 Å². The number of nitrogens with zero attached hydrogens (tertiary/aromatic N) is 2. The number of carbonyl (C=O) groups excluding carboxylic acids is 1. The van der Waals surface area contributed by atoms with Gasteiger partial charge in [0.05, 0.1) is 17.3 Å². The van der Waals surface area contributed by atoms with Crippen LogP contribution in [0.5, 0.6) is 0 Å². The molecule has 6 nitrogen and oxygen atoms in total. The highest BCUT2D eigenvalue weighted by Gasteiger charge is 2.16. The molecule has 112 valence electrons. The summed E-state index contributed by atoms with van der Waals surface area (Å²) in [6.45, 7) is 2.17. The fourth-order valence-corrected chi connectivity index (χ4v) is 2.08. The number of fused-ring (bicyclic) bond motifs is 1. The number of anilines is 1. The number of amides is 1. The number of carbonyl (C=O) groups is 1. The fourth-order valence-electron chi connectivity index (χ4n) is 2.08. The second kappa shape index (κ2) is 6.51. The van der Waals surface area contributed by atoms with Crippen molar-refractivity contribution in [3.8, 4) is 0 Å². The Bertz CT molecular complexity index is 643. The van der Waals surface area contributed by atoms with Gasteiger partial charge >= 0.3 is 0 Å². The summed E-state index contributed by atoms with van der Waals surface area (Å²) in [5, 5.41) is 10.2. The number of hydrogen-bond acceptors (Lipinski definition) is 5. The zero-order valence-electron chi connectivity index (χ0n) is 12.2. The number of hydrazine groups is 1. The van der Waals surface area contributed by atoms with E-state index in [1.807, 2.05) is 24.3 Å². The zero-order valence-corrected chi connectivity index (χ0v) is 12.2. The van der Waals surface area contributed by atoms with Gasteiger partial charge in [-0.3, -0.25) is 10.6 Å². The van der Waals surface area contributed by atoms with Crippen LogP contribution < -0.4 is 11.3 Å². The largest absolute Gasteiger partial charge is 0.393 e. The van der Waals surface area contributed by atoms with Crippen LogP contribution in [0.4, 0.5) is 5.69 Å². The van der Waals surface area contributed by atoms with E-state index >= 15 is 0 Å². The lowest BCUT2D eigenvalue weighted by Crippen LogP contribution is -2.30. The molecule has 0 saturated carbocycles. The molecule has 0 bridgehead atoms. The molecule has 1 amide bonds. The number of pyridine rings is 1. The van der Waals surface area contributed by atoms with Gasteiger partial charge in [0.15, 0.2) is 0 Å². The lowest BCUT2D eigenvalue weighted by atomic mass is 10.1. The average Bonchev–Trinajstić information content (AvgIpc) is 2.50. The monoisotopic (exact) mass is 288 g/mol. The Morgan fingerprint density at radius 3 is 2.86 bits per heavy atom. The number of nitrogens with one attached hydrogen (secondary N) is 1. The maximum Gasteiger partial charge on any atom is 0.272 e. The first kappa shape index (κ1) is 15.2. The molecule has 4 N–H and O–H groups in total. The molecule has 1 aromatic carbocycles. The number of aliphatic hydroxyl groups excluding tert-OH is 1. The van der Waals surface area contributed by atoms with Gasteiger partial charge in [-0.2, -0.15) is 0 Å². The summed E-state index contributed by atoms with van der Waals surface area (Å²) < 4.78 is 0. The summed E-state index contributed by atoms with van der Waals surface area (Å²) in [7, 11) is 1.69. The summed E-state index contributed by atoms with van der Waals surface area (Å²) in [6.07, 6.45) is 0.0868. The van der Waals surface area contributed by atoms with Gasteiger partial charge in [0, 0.05) is 19.0 Å². The Hall–Kier alpha value is -2.18. The van der Waals surface area contributed by atoms with Gasteiger partial charge in [0.25, 0.3) is 5.91 Å². The molecule has 0 aliphatic rings. The number of nitrogens with two attached hydrogens (primary N) is 1. The van der Waals surface area contributed by atoms with E-state index in [0.717, 1.165) is 5.39 Å². The third kappa shape index (κ3) is 3.48. The molecule has 0 fully saturated rings. The van der Waals surface area contributed by atoms with E-state index in [0.29, 0.717) is 29.9 Å². The van der Waals surface area contributed by atoms with E-state index in [-0.39, 0.29) is 5.91 Å². The van der Waals surface area contributed by atoms with Crippen molar-refractivity contribution in [1.29, 1.82) is 0 Å². The van der Waals surface area contributed by atoms with Crippen molar-refractivity contribution in [3.63, 3.8) is 0 Å². The van der Waals surface area contributed by atoms with E-state index in [4.69, 9.17) is 5.84 Å². The van der Waals surface area contributed by atoms with Gasteiger partial charge in [0.2, 0.25) is 0 Å². The molecule has 21 heavy (non-hydrogen) atoms. The molecule has 0 saturated heterocycles. The quantitative estimate of drug-likeness (QED) is 0.571. The Morgan fingerprint density at radius 1 is 1.48 bits per heavy atom. The molecule has 2 aromatic rings. The van der Waals surface area contributed by atoms with E-state index < -0.39 is 6.10 Å². The van der Waals surface area contributed by atoms with Gasteiger partial charge in [-0.15, -0.1) is 0 Å². The van der Waals surface area contributed by atoms with Crippen LogP contribution in [-0.2, 0) is 0 Å². The normalized spacial score (nSPS) is 12.2. The minimum atomic E-state index is -0.439. The number of para-hydroxylation sites is 1. The van der Waals surface area contributed by atoms with Crippen molar-refractivity contribution in [2.24, 2.45) is 5.84 Å². The molecule has 1 aromatic heterocycles. The topological polar surface area (TPSA) is 91.5 Å². The van der Waals surface area contributed by atoms with Gasteiger partial charge in [-0.05, 0) is 25.5 Å². The van der Waals surface area contributed by atoms with E-state index in [1.165, 1.54) is 0 Å². The maximum absolute atomic E-state index is 12.4. The number of aromatic nitrogens is 1. The van der Waals surface area contributed by atoms with Crippen LogP contribution in [-0.4, -0.2) is 40.6 Å². The Balaban J connectivity index is 2.31. The van der Waals surface area contributed by atoms with E-state index in [2.05, 4.69) is 10.4 Å². The van der Waals surface area contributed by atoms with Crippen LogP contribution in [0.3, 0.4) is 0 Å². The zero-order chi connectivity index (χ0) is 15.4. The number of rotatable bonds is 5. The molecule has 0 aliphatic carbocycles. The highest BCUT2D eigenvalue weighted by molar-refractivity contribution is 5.99. The Kier molecular flexibility index (Phi) is 4.72. The molecule has 0 radical (unpaired) electrons. The van der Waals surface area contributed by atoms with Gasteiger partial charge in [-0.25, -0.2) is 4.98 Å². The van der Waals surface area contributed by atoms with Crippen LogP contribution >= 0.6 is 0 Å². The van der Waals surface area contributed by atoms with Crippen molar-refractivity contribution < 1.29 is 9.90 Å². The summed E-state index contributed by atoms with van der Waals surface area (Å²) >= 11 is 0. The van der Waals surface area contributed by atoms with Crippen molar-refractivity contribution in [3.05, 3.63) is 36.0 Å². The lowest BCUT2D eigenvalue weighted by molar-refractivity contribution is 0.0763. The Morgan fingerprint density at radius 2 is 2.19 bits per heavy atom. The molecule has 1 heterocycles. The van der Waals surface area contributed by atoms with E-state index in [9.17, 15) is 9.90 Å². The summed E-state index contributed by atoms with van der Waals surface area (Å²) in [5.41, 5.74) is 4.30. The van der Waals surface area contributed by atoms with Crippen molar-refractivity contribution in [2.75, 3.05) is 19.0 Å². The van der Waals surface area contributed by atoms with Crippen molar-refractivity contribution in [2.45, 2.75) is 19.4 Å². The third-order valence-electron chi connectivity index (χ3n) is 3.32. The number of nitrogen functional groups attached to an aromatic ring is 1. The number of benzene rings is 1. The highest BCUT2D eigenvalue weighted by Crippen LogP contribution is 2.22. The average molecular weight is 288 g/mol. The van der Waals surface area contributed by atoms with Crippen LogP contribution in [0.25, 0.3) is 10.9 Å². The third-order valence-corrected chi connectivity index (χ3v) is 3.32. The lowest BCUT2D eigenvalue weighted by Gasteiger charge is -2.18. The molecular weight excluding hydrogens is 268 g/mol. The van der Waals surface area contributed by atoms with Crippen molar-refractivity contribution >= 4 is 22.5 Å². The predicted octanol–water partition coefficient (Wildman–Crippen LogP) is 1.36. The van der Waals surface area contributed by atoms with Crippen LogP contribution in [0, 0.1) is 0 Å². The summed E-state index contributed by atoms with van der Waals surface area (Å²) in [6, 6.07) is 9.12. The van der Waals surface area contributed by atoms with Crippen LogP contribution in [0.15, 0.2) is 30.3 Å². The Labute approximate surface area is 123 Å². The number of hydrogen-bond donors (Lipinski definition) is 3. The minimum Gasteiger partial charge on any atom is -0.393 e. The smallest absolute Gasteiger partial charge is 0.272 e. The molecular formula is C15H20N4O2. The first-order chi connectivity index (χ1) is 10.0. The summed E-state index contributed by atoms with van der Waals surface area (Å²) in [5.74, 6) is 5.33. The minimum absolute atomic E-state index is 0.196. The summed E-state index contributed by atoms with van der Waals surface area (Å²) in [4.78, 5) is 18.3. The van der Waals surface area contributed by atoms with Gasteiger partial charge in [0.1, 0.15) is 5.69 Å². The first-order valence-electron chi connectivity index (χ1n) is 6.83. The molecule has 1 unspecified atom stereocenters. The van der Waals surface area contributed by atoms with Gasteiger partial charge in [-0.1, -0.05) is 18.2 Å². The number of aliphatic hydroxyl groups is 1. The molecule has 0 spiro atoms. The maximum atomic E-state index is 12.4. The predicted molar refractivity (Wildman–Crippen MR) is 82.8 cm³/mol. The second-order valence-electron chi connectivity index (χ2n) is 5.08. The first-order valence-corrected chi connectivity index (χ1v) is 6.83. The molecule has 0 aliphatic heterocycles. The highest BCUT2D eigenvalue weighted by atomic mass is 16.3. The van der Waals surface area contributed by atoms with Crippen molar-refractivity contribution in [1.82, 2.24) is 9.88 Å².